The second kappa shape index (κ2) is 8.90. The fourth-order valence-electron chi connectivity index (χ4n) is 4.74. The van der Waals surface area contributed by atoms with Crippen LogP contribution in [0.3, 0.4) is 0 Å². The summed E-state index contributed by atoms with van der Waals surface area (Å²) in [5.41, 5.74) is 4.46. The van der Waals surface area contributed by atoms with Crippen LogP contribution in [-0.2, 0) is 9.59 Å². The summed E-state index contributed by atoms with van der Waals surface area (Å²) >= 11 is 0. The van der Waals surface area contributed by atoms with E-state index in [0.29, 0.717) is 19.0 Å². The van der Waals surface area contributed by atoms with E-state index in [0.717, 1.165) is 61.4 Å². The van der Waals surface area contributed by atoms with E-state index < -0.39 is 0 Å². The Hall–Kier alpha value is -2.82. The third kappa shape index (κ3) is 4.20. The van der Waals surface area contributed by atoms with E-state index in [1.54, 1.807) is 6.08 Å². The summed E-state index contributed by atoms with van der Waals surface area (Å²) in [4.78, 5) is 29.2. The van der Waals surface area contributed by atoms with Gasteiger partial charge in [0.1, 0.15) is 0 Å². The van der Waals surface area contributed by atoms with E-state index >= 15 is 0 Å². The van der Waals surface area contributed by atoms with E-state index in [-0.39, 0.29) is 11.8 Å². The Labute approximate surface area is 179 Å². The van der Waals surface area contributed by atoms with Gasteiger partial charge in [-0.05, 0) is 69.4 Å². The van der Waals surface area contributed by atoms with Crippen molar-refractivity contribution >= 4 is 17.9 Å². The van der Waals surface area contributed by atoms with Crippen LogP contribution in [0.2, 0.25) is 0 Å². The molecule has 5 nitrogen and oxygen atoms in total. The van der Waals surface area contributed by atoms with Crippen LogP contribution in [0.25, 0.3) is 11.8 Å². The quantitative estimate of drug-likeness (QED) is 0.723. The highest BCUT2D eigenvalue weighted by molar-refractivity contribution is 5.92. The Morgan fingerprint density at radius 2 is 1.60 bits per heavy atom. The molecule has 4 rings (SSSR count). The topological polar surface area (TPSA) is 45.6 Å². The number of nitrogens with zero attached hydrogens (tertiary/aromatic N) is 3. The molecule has 2 aliphatic heterocycles. The van der Waals surface area contributed by atoms with Crippen LogP contribution < -0.4 is 0 Å². The maximum absolute atomic E-state index is 12.7. The lowest BCUT2D eigenvalue weighted by molar-refractivity contribution is -0.138. The molecule has 0 bridgehead atoms. The maximum atomic E-state index is 12.7. The van der Waals surface area contributed by atoms with Crippen molar-refractivity contribution in [3.05, 3.63) is 59.4 Å². The van der Waals surface area contributed by atoms with Crippen LogP contribution in [0.5, 0.6) is 0 Å². The van der Waals surface area contributed by atoms with Gasteiger partial charge in [0.05, 0.1) is 0 Å². The summed E-state index contributed by atoms with van der Waals surface area (Å²) < 4.78 is 2.21. The van der Waals surface area contributed by atoms with Crippen molar-refractivity contribution in [3.8, 4) is 5.69 Å². The van der Waals surface area contributed by atoms with Gasteiger partial charge < -0.3 is 14.4 Å². The van der Waals surface area contributed by atoms with Gasteiger partial charge in [-0.1, -0.05) is 18.2 Å². The van der Waals surface area contributed by atoms with Crippen molar-refractivity contribution in [2.75, 3.05) is 26.2 Å². The van der Waals surface area contributed by atoms with Gasteiger partial charge in [-0.15, -0.1) is 0 Å². The Balaban J connectivity index is 1.37. The van der Waals surface area contributed by atoms with Crippen molar-refractivity contribution < 1.29 is 9.59 Å². The van der Waals surface area contributed by atoms with Gasteiger partial charge in [-0.25, -0.2) is 0 Å². The Kier molecular flexibility index (Phi) is 6.07. The lowest BCUT2D eigenvalue weighted by Crippen LogP contribution is -2.43. The van der Waals surface area contributed by atoms with E-state index in [1.165, 1.54) is 0 Å². The van der Waals surface area contributed by atoms with Gasteiger partial charge >= 0.3 is 0 Å². The van der Waals surface area contributed by atoms with Gasteiger partial charge in [0.2, 0.25) is 11.8 Å². The van der Waals surface area contributed by atoms with E-state index in [9.17, 15) is 9.59 Å². The standard InChI is InChI=1S/C25H31N3O2/c1-19-18-22(20(2)28(19)23-8-4-3-5-9-23)10-11-24(29)26-16-12-21(13-17-26)25(30)27-14-6-7-15-27/h3-5,8-11,18,21H,6-7,12-17H2,1-2H3/b11-10+. The number of benzene rings is 1. The number of carbonyl (C=O) groups excluding carboxylic acids is 2. The Morgan fingerprint density at radius 3 is 2.27 bits per heavy atom. The Morgan fingerprint density at radius 1 is 0.933 bits per heavy atom. The van der Waals surface area contributed by atoms with Crippen molar-refractivity contribution in [1.29, 1.82) is 0 Å². The molecular weight excluding hydrogens is 374 g/mol. The summed E-state index contributed by atoms with van der Waals surface area (Å²) in [6.45, 7) is 7.30. The highest BCUT2D eigenvalue weighted by Gasteiger charge is 2.30. The first-order valence-corrected chi connectivity index (χ1v) is 11.0. The highest BCUT2D eigenvalue weighted by atomic mass is 16.2. The van der Waals surface area contributed by atoms with Gasteiger partial charge in [0.15, 0.2) is 0 Å². The Bertz CT molecular complexity index is 931. The number of hydrogen-bond acceptors (Lipinski definition) is 2. The first-order chi connectivity index (χ1) is 14.5. The average Bonchev–Trinajstić information content (AvgIpc) is 3.40. The smallest absolute Gasteiger partial charge is 0.246 e. The number of carbonyl (C=O) groups is 2. The molecule has 0 aliphatic carbocycles. The zero-order valence-corrected chi connectivity index (χ0v) is 18.0. The molecule has 0 N–H and O–H groups in total. The summed E-state index contributed by atoms with van der Waals surface area (Å²) in [5.74, 6) is 0.413. The molecule has 0 saturated carbocycles. The number of aromatic nitrogens is 1. The molecule has 0 unspecified atom stereocenters. The van der Waals surface area contributed by atoms with E-state index in [2.05, 4.69) is 36.6 Å². The molecule has 3 heterocycles. The molecule has 2 aromatic rings. The van der Waals surface area contributed by atoms with Crippen molar-refractivity contribution in [2.45, 2.75) is 39.5 Å². The summed E-state index contributed by atoms with van der Waals surface area (Å²) in [5, 5.41) is 0. The predicted molar refractivity (Wildman–Crippen MR) is 119 cm³/mol. The maximum Gasteiger partial charge on any atom is 0.246 e. The molecule has 0 atom stereocenters. The summed E-state index contributed by atoms with van der Waals surface area (Å²) in [6, 6.07) is 12.4. The fraction of sp³-hybridized carbons (Fsp3) is 0.440. The molecule has 0 spiro atoms. The largest absolute Gasteiger partial charge is 0.342 e. The molecule has 2 aliphatic rings. The molecule has 2 amide bonds. The molecule has 158 valence electrons. The van der Waals surface area contributed by atoms with Gasteiger partial charge in [-0.3, -0.25) is 9.59 Å². The van der Waals surface area contributed by atoms with Crippen molar-refractivity contribution in [1.82, 2.24) is 14.4 Å². The zero-order chi connectivity index (χ0) is 21.1. The number of rotatable bonds is 4. The molecule has 1 aromatic heterocycles. The summed E-state index contributed by atoms with van der Waals surface area (Å²) in [7, 11) is 0. The second-order valence-corrected chi connectivity index (χ2v) is 8.46. The second-order valence-electron chi connectivity index (χ2n) is 8.46. The predicted octanol–water partition coefficient (Wildman–Crippen LogP) is 3.97. The highest BCUT2D eigenvalue weighted by Crippen LogP contribution is 2.24. The molecule has 5 heteroatoms. The zero-order valence-electron chi connectivity index (χ0n) is 18.0. The first kappa shape index (κ1) is 20.5. The number of hydrogen-bond donors (Lipinski definition) is 0. The van der Waals surface area contributed by atoms with Crippen molar-refractivity contribution in [3.63, 3.8) is 0 Å². The lowest BCUT2D eigenvalue weighted by atomic mass is 9.95. The van der Waals surface area contributed by atoms with Crippen LogP contribution in [-0.4, -0.2) is 52.4 Å². The molecule has 30 heavy (non-hydrogen) atoms. The number of piperidine rings is 1. The number of para-hydroxylation sites is 1. The average molecular weight is 406 g/mol. The molecule has 2 saturated heterocycles. The third-order valence-corrected chi connectivity index (χ3v) is 6.46. The molecular formula is C25H31N3O2. The van der Waals surface area contributed by atoms with Gasteiger partial charge in [0, 0.05) is 55.2 Å². The molecule has 1 aromatic carbocycles. The number of likely N-dealkylation sites (tertiary alicyclic amines) is 2. The van der Waals surface area contributed by atoms with Crippen molar-refractivity contribution in [2.24, 2.45) is 5.92 Å². The van der Waals surface area contributed by atoms with E-state index in [4.69, 9.17) is 0 Å². The lowest BCUT2D eigenvalue weighted by Gasteiger charge is -2.32. The van der Waals surface area contributed by atoms with Crippen LogP contribution in [0.4, 0.5) is 0 Å². The molecule has 0 radical (unpaired) electrons. The van der Waals surface area contributed by atoms with Gasteiger partial charge in [0.25, 0.3) is 0 Å². The minimum atomic E-state index is 0.0339. The monoisotopic (exact) mass is 405 g/mol. The number of amides is 2. The number of aryl methyl sites for hydroxylation is 1. The normalized spacial score (nSPS) is 17.8. The SMILES string of the molecule is Cc1cc(/C=C/C(=O)N2CCC(C(=O)N3CCCC3)CC2)c(C)n1-c1ccccc1. The van der Waals surface area contributed by atoms with Gasteiger partial charge in [-0.2, -0.15) is 0 Å². The van der Waals surface area contributed by atoms with Crippen LogP contribution in [0, 0.1) is 19.8 Å². The molecule has 2 fully saturated rings. The van der Waals surface area contributed by atoms with Crippen LogP contribution in [0.15, 0.2) is 42.5 Å². The minimum absolute atomic E-state index is 0.0339. The van der Waals surface area contributed by atoms with Crippen LogP contribution in [0.1, 0.15) is 42.6 Å². The third-order valence-electron chi connectivity index (χ3n) is 6.46. The van der Waals surface area contributed by atoms with Crippen LogP contribution >= 0.6 is 0 Å². The first-order valence-electron chi connectivity index (χ1n) is 11.0. The fourth-order valence-corrected chi connectivity index (χ4v) is 4.74. The summed E-state index contributed by atoms with van der Waals surface area (Å²) in [6.07, 6.45) is 7.40. The van der Waals surface area contributed by atoms with E-state index in [1.807, 2.05) is 34.1 Å². The minimum Gasteiger partial charge on any atom is -0.342 e.